The summed E-state index contributed by atoms with van der Waals surface area (Å²) in [5.41, 5.74) is 0. The first kappa shape index (κ1) is 26.1. The van der Waals surface area contributed by atoms with Crippen molar-refractivity contribution in [3.8, 4) is 11.5 Å². The van der Waals surface area contributed by atoms with Gasteiger partial charge in [-0.2, -0.15) is 0 Å². The van der Waals surface area contributed by atoms with Gasteiger partial charge in [-0.25, -0.2) is 9.59 Å². The molecule has 0 amide bonds. The molecule has 0 saturated heterocycles. The third-order valence-corrected chi connectivity index (χ3v) is 3.55. The van der Waals surface area contributed by atoms with E-state index >= 15 is 0 Å². The van der Waals surface area contributed by atoms with Gasteiger partial charge in [0.25, 0.3) is 0 Å². The van der Waals surface area contributed by atoms with E-state index in [2.05, 4.69) is 0 Å². The van der Waals surface area contributed by atoms with Gasteiger partial charge in [-0.1, -0.05) is 46.4 Å². The standard InChI is InChI=1S/2C8H6Cl2O3.Cd/c2*9-5-1-2-7(6(10)3-5)13-4-8(11)12;/h2*1-3H,4H2,(H,11,12);. The summed E-state index contributed by atoms with van der Waals surface area (Å²) >= 11 is 22.7. The van der Waals surface area contributed by atoms with E-state index in [1.165, 1.54) is 24.3 Å². The quantitative estimate of drug-likeness (QED) is 0.493. The van der Waals surface area contributed by atoms with Gasteiger partial charge >= 0.3 is 11.9 Å². The topological polar surface area (TPSA) is 93.1 Å². The molecule has 0 saturated carbocycles. The van der Waals surface area contributed by atoms with Crippen LogP contribution < -0.4 is 9.47 Å². The summed E-state index contributed by atoms with van der Waals surface area (Å²) in [5, 5.41) is 18.2. The summed E-state index contributed by atoms with van der Waals surface area (Å²) < 4.78 is 9.73. The number of ether oxygens (including phenoxy) is 2. The molecule has 2 N–H and O–H groups in total. The van der Waals surface area contributed by atoms with Crippen LogP contribution in [0.15, 0.2) is 36.4 Å². The smallest absolute Gasteiger partial charge is 0.341 e. The fourth-order valence-electron chi connectivity index (χ4n) is 1.46. The van der Waals surface area contributed by atoms with Crippen molar-refractivity contribution < 1.29 is 56.6 Å². The summed E-state index contributed by atoms with van der Waals surface area (Å²) in [7, 11) is 0. The van der Waals surface area contributed by atoms with Crippen LogP contribution in [0.1, 0.15) is 0 Å². The second kappa shape index (κ2) is 13.3. The molecule has 0 spiro atoms. The molecular weight excluding hydrogens is 542 g/mol. The maximum atomic E-state index is 10.2. The summed E-state index contributed by atoms with van der Waals surface area (Å²) in [6, 6.07) is 9.16. The van der Waals surface area contributed by atoms with Crippen molar-refractivity contribution in [2.24, 2.45) is 0 Å². The van der Waals surface area contributed by atoms with Gasteiger partial charge in [0, 0.05) is 37.3 Å². The molecule has 0 unspecified atom stereocenters. The Morgan fingerprint density at radius 1 is 0.741 bits per heavy atom. The first-order valence-electron chi connectivity index (χ1n) is 6.78. The van der Waals surface area contributed by atoms with Crippen molar-refractivity contribution in [1.29, 1.82) is 0 Å². The van der Waals surface area contributed by atoms with E-state index in [0.29, 0.717) is 31.6 Å². The van der Waals surface area contributed by atoms with Gasteiger partial charge in [0.15, 0.2) is 13.2 Å². The Labute approximate surface area is 195 Å². The van der Waals surface area contributed by atoms with Crippen molar-refractivity contribution in [2.45, 2.75) is 0 Å². The first-order chi connectivity index (χ1) is 12.2. The van der Waals surface area contributed by atoms with E-state index < -0.39 is 25.2 Å². The Morgan fingerprint density at radius 3 is 1.33 bits per heavy atom. The molecular formula is C16H12CdCl4O6. The van der Waals surface area contributed by atoms with Crippen molar-refractivity contribution in [3.05, 3.63) is 56.5 Å². The molecule has 0 aromatic heterocycles. The van der Waals surface area contributed by atoms with Crippen LogP contribution in [0.2, 0.25) is 20.1 Å². The van der Waals surface area contributed by atoms with E-state index in [-0.39, 0.29) is 27.3 Å². The Kier molecular flexibility index (Phi) is 12.8. The van der Waals surface area contributed by atoms with Gasteiger partial charge in [0.1, 0.15) is 11.5 Å². The minimum atomic E-state index is -1.05. The molecule has 0 aliphatic rings. The van der Waals surface area contributed by atoms with Crippen LogP contribution in [-0.4, -0.2) is 35.4 Å². The van der Waals surface area contributed by atoms with Crippen molar-refractivity contribution >= 4 is 58.3 Å². The molecule has 2 rings (SSSR count). The second-order valence-electron chi connectivity index (χ2n) is 4.51. The van der Waals surface area contributed by atoms with Gasteiger partial charge in [-0.3, -0.25) is 0 Å². The third kappa shape index (κ3) is 10.8. The molecule has 142 valence electrons. The minimum absolute atomic E-state index is 0. The summed E-state index contributed by atoms with van der Waals surface area (Å²) in [5.74, 6) is -1.47. The molecule has 0 bridgehead atoms. The average Bonchev–Trinajstić information content (AvgIpc) is 2.53. The number of rotatable bonds is 6. The Hall–Kier alpha value is -0.938. The predicted octanol–water partition coefficient (Wildman–Crippen LogP) is 4.91. The minimum Gasteiger partial charge on any atom is -0.480 e. The molecule has 2 aromatic rings. The van der Waals surface area contributed by atoms with Crippen LogP contribution in [0.4, 0.5) is 0 Å². The molecule has 0 heterocycles. The molecule has 0 aliphatic carbocycles. The fourth-order valence-corrected chi connectivity index (χ4v) is 2.39. The Morgan fingerprint density at radius 2 is 1.07 bits per heavy atom. The van der Waals surface area contributed by atoms with E-state index in [4.69, 9.17) is 66.1 Å². The largest absolute Gasteiger partial charge is 0.480 e. The molecule has 0 atom stereocenters. The summed E-state index contributed by atoms with van der Waals surface area (Å²) in [4.78, 5) is 20.3. The summed E-state index contributed by atoms with van der Waals surface area (Å²) in [6.45, 7) is -0.831. The molecule has 11 heteroatoms. The Balaban J connectivity index is 0.000000483. The van der Waals surface area contributed by atoms with Crippen LogP contribution in [0.25, 0.3) is 0 Å². The normalized spacial score (nSPS) is 9.33. The number of benzene rings is 2. The van der Waals surface area contributed by atoms with Crippen molar-refractivity contribution in [1.82, 2.24) is 0 Å². The zero-order valence-corrected chi connectivity index (χ0v) is 20.7. The molecule has 27 heavy (non-hydrogen) atoms. The van der Waals surface area contributed by atoms with Crippen LogP contribution in [0.5, 0.6) is 11.5 Å². The van der Waals surface area contributed by atoms with Gasteiger partial charge in [0.05, 0.1) is 10.0 Å². The maximum Gasteiger partial charge on any atom is 0.341 e. The van der Waals surface area contributed by atoms with Gasteiger partial charge in [0.2, 0.25) is 0 Å². The number of hydrogen-bond donors (Lipinski definition) is 2. The van der Waals surface area contributed by atoms with Gasteiger partial charge in [-0.05, 0) is 36.4 Å². The second-order valence-corrected chi connectivity index (χ2v) is 6.20. The van der Waals surface area contributed by atoms with E-state index in [9.17, 15) is 9.59 Å². The van der Waals surface area contributed by atoms with Crippen LogP contribution in [-0.2, 0) is 36.9 Å². The van der Waals surface area contributed by atoms with E-state index in [0.717, 1.165) is 0 Å². The monoisotopic (exact) mass is 554 g/mol. The average molecular weight is 554 g/mol. The number of aliphatic carboxylic acids is 2. The fraction of sp³-hybridized carbons (Fsp3) is 0.125. The predicted molar refractivity (Wildman–Crippen MR) is 99.2 cm³/mol. The zero-order valence-electron chi connectivity index (χ0n) is 13.6. The van der Waals surface area contributed by atoms with Crippen molar-refractivity contribution in [2.75, 3.05) is 13.2 Å². The number of halogens is 4. The SMILES string of the molecule is O=C(O)COc1ccc(Cl)cc1Cl.O=C(O)COc1ccc(Cl)cc1Cl.[Cd]. The number of carbonyl (C=O) groups is 2. The van der Waals surface area contributed by atoms with Crippen molar-refractivity contribution in [3.63, 3.8) is 0 Å². The zero-order chi connectivity index (χ0) is 19.7. The van der Waals surface area contributed by atoms with Crippen LogP contribution >= 0.6 is 46.4 Å². The molecule has 0 fully saturated rings. The number of carboxylic acids is 2. The maximum absolute atomic E-state index is 10.2. The Bertz CT molecular complexity index is 722. The van der Waals surface area contributed by atoms with Crippen LogP contribution in [0, 0.1) is 0 Å². The molecule has 2 aromatic carbocycles. The third-order valence-electron chi connectivity index (χ3n) is 2.49. The molecule has 0 radical (unpaired) electrons. The van der Waals surface area contributed by atoms with Gasteiger partial charge in [-0.15, -0.1) is 0 Å². The van der Waals surface area contributed by atoms with E-state index in [1.54, 1.807) is 12.1 Å². The number of carboxylic acid groups (broad SMARTS) is 2. The van der Waals surface area contributed by atoms with Crippen LogP contribution in [0.3, 0.4) is 0 Å². The number of hydrogen-bond acceptors (Lipinski definition) is 4. The van der Waals surface area contributed by atoms with Gasteiger partial charge < -0.3 is 19.7 Å². The molecule has 0 aliphatic heterocycles. The van der Waals surface area contributed by atoms with E-state index in [1.807, 2.05) is 0 Å². The molecule has 6 nitrogen and oxygen atoms in total. The first-order valence-corrected chi connectivity index (χ1v) is 8.29. The summed E-state index contributed by atoms with van der Waals surface area (Å²) in [6.07, 6.45) is 0.